The molecule has 0 heterocycles. The number of rotatable bonds is 3. The Bertz CT molecular complexity index is 761. The predicted molar refractivity (Wildman–Crippen MR) is 86.9 cm³/mol. The van der Waals surface area contributed by atoms with E-state index >= 15 is 0 Å². The van der Waals surface area contributed by atoms with Gasteiger partial charge in [0.05, 0.1) is 12.1 Å². The van der Waals surface area contributed by atoms with E-state index in [1.165, 1.54) is 12.1 Å². The highest BCUT2D eigenvalue weighted by Gasteiger charge is 2.39. The third kappa shape index (κ3) is 7.55. The molecule has 2 aromatic rings. The van der Waals surface area contributed by atoms with Crippen LogP contribution in [0.15, 0.2) is 54.6 Å². The van der Waals surface area contributed by atoms with E-state index in [0.717, 1.165) is 25.2 Å². The Morgan fingerprint density at radius 3 is 2.00 bits per heavy atom. The van der Waals surface area contributed by atoms with Crippen LogP contribution in [0, 0.1) is 5.82 Å². The zero-order chi connectivity index (χ0) is 21.5. The van der Waals surface area contributed by atoms with Crippen LogP contribution in [0.25, 0.3) is 0 Å². The van der Waals surface area contributed by atoms with Crippen molar-refractivity contribution in [1.82, 2.24) is 4.90 Å². The van der Waals surface area contributed by atoms with Gasteiger partial charge in [0, 0.05) is 12.6 Å². The van der Waals surface area contributed by atoms with E-state index in [2.05, 4.69) is 0 Å². The van der Waals surface area contributed by atoms with E-state index in [0.29, 0.717) is 11.0 Å². The molecule has 1 unspecified atom stereocenters. The van der Waals surface area contributed by atoms with Gasteiger partial charge in [-0.25, -0.2) is 4.39 Å². The van der Waals surface area contributed by atoms with E-state index in [9.17, 15) is 35.5 Å². The number of halogens is 7. The lowest BCUT2D eigenvalue weighted by atomic mass is 10.1. The van der Waals surface area contributed by atoms with Crippen molar-refractivity contribution in [3.63, 3.8) is 0 Å². The van der Waals surface area contributed by atoms with Gasteiger partial charge in [-0.2, -0.15) is 26.3 Å². The molecule has 0 radical (unpaired) electrons. The maximum absolute atomic E-state index is 12.5. The maximum atomic E-state index is 12.5. The second-order valence-electron chi connectivity index (χ2n) is 5.62. The molecule has 28 heavy (non-hydrogen) atoms. The Morgan fingerprint density at radius 1 is 1.00 bits per heavy atom. The molecule has 0 spiro atoms. The van der Waals surface area contributed by atoms with Gasteiger partial charge in [-0.05, 0) is 30.3 Å². The van der Waals surface area contributed by atoms with Crippen molar-refractivity contribution in [2.24, 2.45) is 0 Å². The number of likely N-dealkylation sites (N-methyl/N-ethyl adjacent to an activating group) is 1. The summed E-state index contributed by atoms with van der Waals surface area (Å²) in [6.45, 7) is -1.07. The fourth-order valence-electron chi connectivity index (χ4n) is 1.91. The zero-order valence-electron chi connectivity index (χ0n) is 14.4. The van der Waals surface area contributed by atoms with Crippen LogP contribution in [0.4, 0.5) is 30.7 Å². The third-order valence-corrected chi connectivity index (χ3v) is 3.34. The van der Waals surface area contributed by atoms with Crippen LogP contribution in [0.1, 0.15) is 15.9 Å². The summed E-state index contributed by atoms with van der Waals surface area (Å²) in [5, 5.41) is 8.84. The number of carbonyl (C=O) groups is 1. The van der Waals surface area contributed by atoms with Crippen LogP contribution in [0.2, 0.25) is 0 Å². The average Bonchev–Trinajstić information content (AvgIpc) is 2.60. The van der Waals surface area contributed by atoms with Crippen molar-refractivity contribution in [1.29, 1.82) is 0 Å². The molecule has 1 N–H and O–H groups in total. The van der Waals surface area contributed by atoms with Crippen molar-refractivity contribution in [3.05, 3.63) is 71.5 Å². The number of alkyl halides is 6. The van der Waals surface area contributed by atoms with Gasteiger partial charge >= 0.3 is 12.4 Å². The van der Waals surface area contributed by atoms with Crippen LogP contribution >= 0.6 is 0 Å². The van der Waals surface area contributed by atoms with Crippen molar-refractivity contribution >= 4 is 5.91 Å². The fourth-order valence-corrected chi connectivity index (χ4v) is 1.91. The molecule has 0 aliphatic heterocycles. The lowest BCUT2D eigenvalue weighted by Crippen LogP contribution is -2.41. The zero-order valence-corrected chi connectivity index (χ0v) is 14.4. The van der Waals surface area contributed by atoms with Crippen LogP contribution in [0.5, 0.6) is 0 Å². The molecule has 2 rings (SSSR count). The molecule has 0 aliphatic rings. The second-order valence-corrected chi connectivity index (χ2v) is 5.62. The molecule has 0 aromatic heterocycles. The molecular formula is C18H16F7NO2. The summed E-state index contributed by atoms with van der Waals surface area (Å²) in [6, 6.07) is 11.2. The van der Waals surface area contributed by atoms with Gasteiger partial charge in [0.15, 0.2) is 6.10 Å². The number of carbonyl (C=O) groups excluding carboxylic acids is 1. The number of hydrogen-bond acceptors (Lipinski definition) is 2. The topological polar surface area (TPSA) is 40.5 Å². The van der Waals surface area contributed by atoms with Gasteiger partial charge in [-0.3, -0.25) is 4.79 Å². The molecule has 0 saturated carbocycles. The van der Waals surface area contributed by atoms with Crippen LogP contribution in [0.3, 0.4) is 0 Å². The largest absolute Gasteiger partial charge is 0.416 e. The normalized spacial score (nSPS) is 12.6. The summed E-state index contributed by atoms with van der Waals surface area (Å²) >= 11 is 0. The molecule has 1 amide bonds. The van der Waals surface area contributed by atoms with Gasteiger partial charge in [-0.1, -0.05) is 24.3 Å². The molecule has 0 bridgehead atoms. The fraction of sp³-hybridized carbons (Fsp3) is 0.278. The molecular weight excluding hydrogens is 395 g/mol. The molecule has 10 heteroatoms. The van der Waals surface area contributed by atoms with E-state index in [1.54, 1.807) is 18.2 Å². The van der Waals surface area contributed by atoms with Crippen LogP contribution in [-0.4, -0.2) is 41.8 Å². The monoisotopic (exact) mass is 411 g/mol. The Labute approximate surface area is 156 Å². The molecule has 2 aromatic carbocycles. The third-order valence-electron chi connectivity index (χ3n) is 3.34. The highest BCUT2D eigenvalue weighted by atomic mass is 19.4. The van der Waals surface area contributed by atoms with Gasteiger partial charge in [0.25, 0.3) is 5.91 Å². The summed E-state index contributed by atoms with van der Waals surface area (Å²) < 4.78 is 85.8. The van der Waals surface area contributed by atoms with E-state index in [4.69, 9.17) is 5.11 Å². The number of hydrogen-bond donors (Lipinski definition) is 1. The highest BCUT2D eigenvalue weighted by Crippen LogP contribution is 2.29. The van der Waals surface area contributed by atoms with Crippen molar-refractivity contribution in [3.8, 4) is 0 Å². The van der Waals surface area contributed by atoms with Crippen molar-refractivity contribution < 1.29 is 40.6 Å². The van der Waals surface area contributed by atoms with Gasteiger partial charge < -0.3 is 10.0 Å². The predicted octanol–water partition coefficient (Wildman–Crippen LogP) is 4.53. The van der Waals surface area contributed by atoms with Gasteiger partial charge in [0.2, 0.25) is 0 Å². The summed E-state index contributed by atoms with van der Waals surface area (Å²) in [5.74, 6) is -1.23. The summed E-state index contributed by atoms with van der Waals surface area (Å²) in [5.41, 5.74) is -1.50. The van der Waals surface area contributed by atoms with Crippen molar-refractivity contribution in [2.45, 2.75) is 18.5 Å². The van der Waals surface area contributed by atoms with E-state index in [1.807, 2.05) is 0 Å². The Balaban J connectivity index is 0.000000467. The summed E-state index contributed by atoms with van der Waals surface area (Å²) in [6.07, 6.45) is -12.3. The van der Waals surface area contributed by atoms with Crippen molar-refractivity contribution in [2.75, 3.05) is 13.6 Å². The standard InChI is InChI=1S/C12H11F6NO2.C6H5F/c1-19(6-9(20)12(16,17)18)10(21)7-3-2-4-8(5-7)11(13,14)15;7-6-4-2-1-3-5-6/h2-5,9,20H,6H2,1H3;1-5H. The first kappa shape index (κ1) is 23.4. The lowest BCUT2D eigenvalue weighted by molar-refractivity contribution is -0.205. The number of benzene rings is 2. The Hall–Kier alpha value is -2.62. The van der Waals surface area contributed by atoms with Gasteiger partial charge in [0.1, 0.15) is 5.82 Å². The van der Waals surface area contributed by atoms with Gasteiger partial charge in [-0.15, -0.1) is 0 Å². The first-order valence-corrected chi connectivity index (χ1v) is 7.70. The Kier molecular flexibility index (Phi) is 7.98. The maximum Gasteiger partial charge on any atom is 0.416 e. The molecule has 0 saturated heterocycles. The number of nitrogens with zero attached hydrogens (tertiary/aromatic N) is 1. The quantitative estimate of drug-likeness (QED) is 0.755. The van der Waals surface area contributed by atoms with E-state index < -0.39 is 42.0 Å². The molecule has 3 nitrogen and oxygen atoms in total. The molecule has 1 atom stereocenters. The Morgan fingerprint density at radius 2 is 1.57 bits per heavy atom. The lowest BCUT2D eigenvalue weighted by Gasteiger charge is -2.22. The minimum Gasteiger partial charge on any atom is -0.382 e. The molecule has 0 aliphatic carbocycles. The molecule has 154 valence electrons. The van der Waals surface area contributed by atoms with E-state index in [-0.39, 0.29) is 5.82 Å². The second kappa shape index (κ2) is 9.54. The van der Waals surface area contributed by atoms with Crippen LogP contribution in [-0.2, 0) is 6.18 Å². The molecule has 0 fully saturated rings. The SMILES string of the molecule is CN(CC(O)C(F)(F)F)C(=O)c1cccc(C(F)(F)F)c1.Fc1ccccc1. The number of aliphatic hydroxyl groups is 1. The first-order valence-electron chi connectivity index (χ1n) is 7.70. The van der Waals surface area contributed by atoms with Crippen LogP contribution < -0.4 is 0 Å². The minimum atomic E-state index is -4.91. The average molecular weight is 411 g/mol. The number of amides is 1. The summed E-state index contributed by atoms with van der Waals surface area (Å²) in [4.78, 5) is 12.3. The first-order chi connectivity index (χ1) is 12.8. The number of aliphatic hydroxyl groups excluding tert-OH is 1. The highest BCUT2D eigenvalue weighted by molar-refractivity contribution is 5.94. The smallest absolute Gasteiger partial charge is 0.382 e. The minimum absolute atomic E-state index is 0.178. The summed E-state index contributed by atoms with van der Waals surface area (Å²) in [7, 11) is 0.956.